The standard InChI is InChI=1S/C21H16N2O3S/c22-27(24,25)18-14-8-7-13-17(18)20-19(15-9-3-1-4-10-15)23-21(26-20)16-11-5-2-6-12-16/h1-14H,(H2,22,24,25). The molecule has 5 nitrogen and oxygen atoms in total. The van der Waals surface area contributed by atoms with Gasteiger partial charge in [0.15, 0.2) is 5.76 Å². The molecule has 0 aliphatic rings. The van der Waals surface area contributed by atoms with Gasteiger partial charge in [-0.25, -0.2) is 18.5 Å². The van der Waals surface area contributed by atoms with Crippen molar-refractivity contribution in [1.82, 2.24) is 4.98 Å². The third-order valence-corrected chi connectivity index (χ3v) is 5.10. The zero-order valence-corrected chi connectivity index (χ0v) is 15.1. The highest BCUT2D eigenvalue weighted by atomic mass is 32.2. The topological polar surface area (TPSA) is 86.2 Å². The molecular formula is C21H16N2O3S. The number of aromatic nitrogens is 1. The van der Waals surface area contributed by atoms with Crippen molar-refractivity contribution in [1.29, 1.82) is 0 Å². The minimum absolute atomic E-state index is 0.00190. The highest BCUT2D eigenvalue weighted by Gasteiger charge is 2.23. The lowest BCUT2D eigenvalue weighted by molar-refractivity contribution is 0.583. The van der Waals surface area contributed by atoms with Gasteiger partial charge in [-0.05, 0) is 24.3 Å². The highest BCUT2D eigenvalue weighted by molar-refractivity contribution is 7.89. The van der Waals surface area contributed by atoms with Crippen LogP contribution in [-0.2, 0) is 10.0 Å². The Morgan fingerprint density at radius 1 is 0.741 bits per heavy atom. The second-order valence-electron chi connectivity index (χ2n) is 5.97. The molecule has 0 radical (unpaired) electrons. The Kier molecular flexibility index (Phi) is 4.35. The third-order valence-electron chi connectivity index (χ3n) is 4.13. The van der Waals surface area contributed by atoms with Crippen LogP contribution in [0.2, 0.25) is 0 Å². The van der Waals surface area contributed by atoms with Gasteiger partial charge in [-0.15, -0.1) is 0 Å². The number of rotatable bonds is 4. The zero-order chi connectivity index (χ0) is 18.9. The first-order chi connectivity index (χ1) is 13.0. The van der Waals surface area contributed by atoms with E-state index in [1.54, 1.807) is 18.2 Å². The fraction of sp³-hybridized carbons (Fsp3) is 0. The molecule has 0 saturated carbocycles. The van der Waals surface area contributed by atoms with E-state index >= 15 is 0 Å². The molecule has 1 aromatic heterocycles. The van der Waals surface area contributed by atoms with Crippen LogP contribution in [0.3, 0.4) is 0 Å². The summed E-state index contributed by atoms with van der Waals surface area (Å²) >= 11 is 0. The van der Waals surface area contributed by atoms with E-state index < -0.39 is 10.0 Å². The van der Waals surface area contributed by atoms with Gasteiger partial charge in [-0.1, -0.05) is 60.7 Å². The Morgan fingerprint density at radius 3 is 1.93 bits per heavy atom. The summed E-state index contributed by atoms with van der Waals surface area (Å²) in [6, 6.07) is 25.4. The second-order valence-corrected chi connectivity index (χ2v) is 7.50. The summed E-state index contributed by atoms with van der Waals surface area (Å²) in [4.78, 5) is 4.65. The van der Waals surface area contributed by atoms with Crippen LogP contribution >= 0.6 is 0 Å². The van der Waals surface area contributed by atoms with E-state index in [1.165, 1.54) is 6.07 Å². The number of sulfonamides is 1. The smallest absolute Gasteiger partial charge is 0.238 e. The third kappa shape index (κ3) is 3.40. The maximum absolute atomic E-state index is 12.1. The van der Waals surface area contributed by atoms with E-state index in [0.29, 0.717) is 22.9 Å². The molecule has 0 aliphatic heterocycles. The molecule has 0 aliphatic carbocycles. The molecule has 3 aromatic carbocycles. The minimum atomic E-state index is -3.92. The molecule has 0 saturated heterocycles. The lowest BCUT2D eigenvalue weighted by atomic mass is 10.1. The molecular weight excluding hydrogens is 360 g/mol. The first kappa shape index (κ1) is 17.2. The van der Waals surface area contributed by atoms with Gasteiger partial charge < -0.3 is 4.42 Å². The van der Waals surface area contributed by atoms with Crippen molar-refractivity contribution in [2.75, 3.05) is 0 Å². The predicted octanol–water partition coefficient (Wildman–Crippen LogP) is 4.32. The van der Waals surface area contributed by atoms with E-state index in [0.717, 1.165) is 11.1 Å². The van der Waals surface area contributed by atoms with Crippen LogP contribution in [0.15, 0.2) is 94.2 Å². The average Bonchev–Trinajstić information content (AvgIpc) is 3.14. The van der Waals surface area contributed by atoms with Crippen molar-refractivity contribution in [2.45, 2.75) is 4.90 Å². The van der Waals surface area contributed by atoms with E-state index in [4.69, 9.17) is 9.56 Å². The molecule has 0 spiro atoms. The molecule has 0 fully saturated rings. The van der Waals surface area contributed by atoms with E-state index in [9.17, 15) is 8.42 Å². The number of benzene rings is 3. The van der Waals surface area contributed by atoms with Crippen LogP contribution in [0.4, 0.5) is 0 Å². The molecule has 0 atom stereocenters. The van der Waals surface area contributed by atoms with E-state index in [2.05, 4.69) is 4.98 Å². The van der Waals surface area contributed by atoms with Crippen LogP contribution in [0.25, 0.3) is 34.0 Å². The molecule has 0 unspecified atom stereocenters. The van der Waals surface area contributed by atoms with Crippen LogP contribution in [0.5, 0.6) is 0 Å². The van der Waals surface area contributed by atoms with Crippen LogP contribution < -0.4 is 5.14 Å². The van der Waals surface area contributed by atoms with Gasteiger partial charge in [-0.3, -0.25) is 0 Å². The number of nitrogens with zero attached hydrogens (tertiary/aromatic N) is 1. The Hall–Kier alpha value is -3.22. The SMILES string of the molecule is NS(=O)(=O)c1ccccc1-c1oc(-c2ccccc2)nc1-c1ccccc1. The lowest BCUT2D eigenvalue weighted by Gasteiger charge is -2.06. The number of hydrogen-bond donors (Lipinski definition) is 1. The zero-order valence-electron chi connectivity index (χ0n) is 14.2. The van der Waals surface area contributed by atoms with Crippen molar-refractivity contribution in [3.05, 3.63) is 84.9 Å². The van der Waals surface area contributed by atoms with Crippen LogP contribution in [0, 0.1) is 0 Å². The summed E-state index contributed by atoms with van der Waals surface area (Å²) in [6.07, 6.45) is 0. The molecule has 1 heterocycles. The number of oxazole rings is 1. The monoisotopic (exact) mass is 376 g/mol. The first-order valence-corrected chi connectivity index (χ1v) is 9.82. The molecule has 6 heteroatoms. The van der Waals surface area contributed by atoms with Gasteiger partial charge in [0, 0.05) is 16.7 Å². The number of primary sulfonamides is 1. The van der Waals surface area contributed by atoms with Gasteiger partial charge in [0.25, 0.3) is 0 Å². The number of hydrogen-bond acceptors (Lipinski definition) is 4. The highest BCUT2D eigenvalue weighted by Crippen LogP contribution is 2.38. The summed E-state index contributed by atoms with van der Waals surface area (Å²) in [5.41, 5.74) is 2.57. The molecule has 0 bridgehead atoms. The maximum Gasteiger partial charge on any atom is 0.238 e. The molecule has 27 heavy (non-hydrogen) atoms. The van der Waals surface area contributed by atoms with Crippen molar-refractivity contribution >= 4 is 10.0 Å². The summed E-state index contributed by atoms with van der Waals surface area (Å²) < 4.78 is 30.2. The Balaban J connectivity index is 2.00. The van der Waals surface area contributed by atoms with Crippen molar-refractivity contribution in [3.63, 3.8) is 0 Å². The second kappa shape index (κ2) is 6.83. The summed E-state index contributed by atoms with van der Waals surface area (Å²) in [5.74, 6) is 0.776. The quantitative estimate of drug-likeness (QED) is 0.574. The van der Waals surface area contributed by atoms with Gasteiger partial charge >= 0.3 is 0 Å². The number of nitrogens with two attached hydrogens (primary N) is 1. The maximum atomic E-state index is 12.1. The fourth-order valence-corrected chi connectivity index (χ4v) is 3.64. The van der Waals surface area contributed by atoms with Gasteiger partial charge in [0.1, 0.15) is 5.69 Å². The molecule has 2 N–H and O–H groups in total. The van der Waals surface area contributed by atoms with Crippen LogP contribution in [0.1, 0.15) is 0 Å². The van der Waals surface area contributed by atoms with Crippen molar-refractivity contribution in [3.8, 4) is 34.0 Å². The Bertz CT molecular complexity index is 1180. The largest absolute Gasteiger partial charge is 0.435 e. The van der Waals surface area contributed by atoms with E-state index in [1.807, 2.05) is 60.7 Å². The van der Waals surface area contributed by atoms with Gasteiger partial charge in [0.05, 0.1) is 4.90 Å². The normalized spacial score (nSPS) is 11.4. The van der Waals surface area contributed by atoms with Gasteiger partial charge in [-0.2, -0.15) is 0 Å². The van der Waals surface area contributed by atoms with Gasteiger partial charge in [0.2, 0.25) is 15.9 Å². The lowest BCUT2D eigenvalue weighted by Crippen LogP contribution is -2.13. The molecule has 4 rings (SSSR count). The molecule has 4 aromatic rings. The first-order valence-electron chi connectivity index (χ1n) is 8.28. The molecule has 134 valence electrons. The predicted molar refractivity (Wildman–Crippen MR) is 104 cm³/mol. The van der Waals surface area contributed by atoms with Crippen molar-refractivity contribution in [2.24, 2.45) is 5.14 Å². The average molecular weight is 376 g/mol. The summed E-state index contributed by atoms with van der Waals surface area (Å²) in [7, 11) is -3.92. The molecule has 0 amide bonds. The Labute approximate surface area is 157 Å². The fourth-order valence-electron chi connectivity index (χ4n) is 2.90. The summed E-state index contributed by atoms with van der Waals surface area (Å²) in [6.45, 7) is 0. The van der Waals surface area contributed by atoms with Crippen LogP contribution in [-0.4, -0.2) is 13.4 Å². The summed E-state index contributed by atoms with van der Waals surface area (Å²) in [5, 5.41) is 5.41. The minimum Gasteiger partial charge on any atom is -0.435 e. The Morgan fingerprint density at radius 2 is 1.30 bits per heavy atom. The van der Waals surface area contributed by atoms with E-state index in [-0.39, 0.29) is 4.90 Å². The van der Waals surface area contributed by atoms with Crippen molar-refractivity contribution < 1.29 is 12.8 Å².